The van der Waals surface area contributed by atoms with E-state index in [1.165, 1.54) is 32.1 Å². The highest BCUT2D eigenvalue weighted by molar-refractivity contribution is 5.94. The van der Waals surface area contributed by atoms with E-state index < -0.39 is 0 Å². The molecule has 124 valence electrons. The SMILES string of the molecule is O=C(NC1C2CC3CC(C2)CC1C3)c1ccc(-n2ccnc2)cc1. The lowest BCUT2D eigenvalue weighted by molar-refractivity contribution is -0.0119. The minimum Gasteiger partial charge on any atom is -0.349 e. The van der Waals surface area contributed by atoms with E-state index in [1.54, 1.807) is 12.5 Å². The lowest BCUT2D eigenvalue weighted by atomic mass is 9.54. The summed E-state index contributed by atoms with van der Waals surface area (Å²) in [6.07, 6.45) is 12.2. The van der Waals surface area contributed by atoms with Gasteiger partial charge in [0, 0.05) is 29.7 Å². The Hall–Kier alpha value is -2.10. The number of aromatic nitrogens is 2. The van der Waals surface area contributed by atoms with Crippen molar-refractivity contribution in [3.05, 3.63) is 48.5 Å². The molecule has 4 aliphatic rings. The molecule has 4 nitrogen and oxygen atoms in total. The molecule has 2 aromatic rings. The second kappa shape index (κ2) is 5.47. The molecule has 0 unspecified atom stereocenters. The van der Waals surface area contributed by atoms with Gasteiger partial charge in [-0.2, -0.15) is 0 Å². The lowest BCUT2D eigenvalue weighted by Gasteiger charge is -2.54. The second-order valence-corrected chi connectivity index (χ2v) is 7.95. The Morgan fingerprint density at radius 3 is 2.25 bits per heavy atom. The van der Waals surface area contributed by atoms with Crippen LogP contribution in [-0.4, -0.2) is 21.5 Å². The van der Waals surface area contributed by atoms with Crippen molar-refractivity contribution >= 4 is 5.91 Å². The van der Waals surface area contributed by atoms with Gasteiger partial charge in [0.15, 0.2) is 0 Å². The fourth-order valence-electron chi connectivity index (χ4n) is 5.59. The Morgan fingerprint density at radius 1 is 1.00 bits per heavy atom. The lowest BCUT2D eigenvalue weighted by Crippen LogP contribution is -2.55. The minimum atomic E-state index is 0.0876. The Balaban J connectivity index is 1.30. The van der Waals surface area contributed by atoms with E-state index in [-0.39, 0.29) is 5.91 Å². The van der Waals surface area contributed by atoms with E-state index in [0.29, 0.717) is 6.04 Å². The maximum atomic E-state index is 12.7. The molecule has 0 aliphatic heterocycles. The first-order chi connectivity index (χ1) is 11.8. The molecule has 24 heavy (non-hydrogen) atoms. The van der Waals surface area contributed by atoms with Crippen molar-refractivity contribution in [2.24, 2.45) is 23.7 Å². The molecule has 0 saturated heterocycles. The zero-order valence-electron chi connectivity index (χ0n) is 13.8. The Labute approximate surface area is 142 Å². The summed E-state index contributed by atoms with van der Waals surface area (Å²) < 4.78 is 1.94. The van der Waals surface area contributed by atoms with Crippen molar-refractivity contribution in [3.8, 4) is 5.69 Å². The molecule has 1 aromatic heterocycles. The number of imidazole rings is 1. The second-order valence-electron chi connectivity index (χ2n) is 7.95. The molecule has 6 rings (SSSR count). The predicted molar refractivity (Wildman–Crippen MR) is 91.9 cm³/mol. The molecule has 4 aliphatic carbocycles. The highest BCUT2D eigenvalue weighted by atomic mass is 16.1. The quantitative estimate of drug-likeness (QED) is 0.941. The molecule has 1 aromatic carbocycles. The van der Waals surface area contributed by atoms with Crippen molar-refractivity contribution in [3.63, 3.8) is 0 Å². The largest absolute Gasteiger partial charge is 0.349 e. The monoisotopic (exact) mass is 321 g/mol. The molecule has 4 heteroatoms. The van der Waals surface area contributed by atoms with Gasteiger partial charge in [-0.1, -0.05) is 0 Å². The number of rotatable bonds is 3. The van der Waals surface area contributed by atoms with Crippen LogP contribution in [0.1, 0.15) is 42.5 Å². The maximum absolute atomic E-state index is 12.7. The summed E-state index contributed by atoms with van der Waals surface area (Å²) in [4.78, 5) is 16.8. The molecule has 0 radical (unpaired) electrons. The summed E-state index contributed by atoms with van der Waals surface area (Å²) in [5.41, 5.74) is 1.78. The Kier molecular flexibility index (Phi) is 3.25. The van der Waals surface area contributed by atoms with E-state index in [0.717, 1.165) is 34.9 Å². The standard InChI is InChI=1S/C20H23N3O/c24-20(15-1-3-18(4-2-15)23-6-5-21-12-23)22-19-16-8-13-7-14(10-16)11-17(19)9-13/h1-6,12-14,16-17,19H,7-11H2,(H,22,24). The van der Waals surface area contributed by atoms with E-state index in [9.17, 15) is 4.79 Å². The van der Waals surface area contributed by atoms with E-state index in [4.69, 9.17) is 0 Å². The van der Waals surface area contributed by atoms with Gasteiger partial charge in [0.2, 0.25) is 0 Å². The van der Waals surface area contributed by atoms with Gasteiger partial charge in [0.05, 0.1) is 6.33 Å². The molecule has 0 spiro atoms. The van der Waals surface area contributed by atoms with Crippen LogP contribution in [0.4, 0.5) is 0 Å². The molecule has 1 heterocycles. The Bertz CT molecular complexity index is 707. The number of hydrogen-bond acceptors (Lipinski definition) is 2. The van der Waals surface area contributed by atoms with Crippen molar-refractivity contribution in [2.45, 2.75) is 38.1 Å². The summed E-state index contributed by atoms with van der Waals surface area (Å²) in [5.74, 6) is 3.40. The molecular weight excluding hydrogens is 298 g/mol. The van der Waals surface area contributed by atoms with E-state index in [2.05, 4.69) is 10.3 Å². The zero-order chi connectivity index (χ0) is 16.1. The molecule has 1 N–H and O–H groups in total. The van der Waals surface area contributed by atoms with Gasteiger partial charge in [-0.05, 0) is 80.0 Å². The van der Waals surface area contributed by atoms with Gasteiger partial charge in [0.1, 0.15) is 0 Å². The average molecular weight is 321 g/mol. The predicted octanol–water partition coefficient (Wildman–Crippen LogP) is 3.43. The molecular formula is C20H23N3O. The van der Waals surface area contributed by atoms with Crippen LogP contribution in [-0.2, 0) is 0 Å². The smallest absolute Gasteiger partial charge is 0.251 e. The van der Waals surface area contributed by atoms with Gasteiger partial charge in [-0.15, -0.1) is 0 Å². The van der Waals surface area contributed by atoms with Crippen LogP contribution in [0.2, 0.25) is 0 Å². The minimum absolute atomic E-state index is 0.0876. The van der Waals surface area contributed by atoms with Crippen molar-refractivity contribution in [2.75, 3.05) is 0 Å². The van der Waals surface area contributed by atoms with Gasteiger partial charge in [-0.3, -0.25) is 4.79 Å². The summed E-state index contributed by atoms with van der Waals surface area (Å²) in [5, 5.41) is 3.37. The molecule has 4 bridgehead atoms. The first kappa shape index (κ1) is 14.3. The first-order valence-corrected chi connectivity index (χ1v) is 9.15. The molecule has 0 atom stereocenters. The van der Waals surface area contributed by atoms with Gasteiger partial charge in [-0.25, -0.2) is 4.98 Å². The number of nitrogens with one attached hydrogen (secondary N) is 1. The fourth-order valence-corrected chi connectivity index (χ4v) is 5.59. The van der Waals surface area contributed by atoms with E-state index >= 15 is 0 Å². The number of amides is 1. The van der Waals surface area contributed by atoms with Crippen LogP contribution in [0.3, 0.4) is 0 Å². The van der Waals surface area contributed by atoms with Crippen molar-refractivity contribution < 1.29 is 4.79 Å². The molecule has 4 fully saturated rings. The third kappa shape index (κ3) is 2.36. The topological polar surface area (TPSA) is 46.9 Å². The summed E-state index contributed by atoms with van der Waals surface area (Å²) in [6.45, 7) is 0. The highest BCUT2D eigenvalue weighted by Crippen LogP contribution is 2.53. The van der Waals surface area contributed by atoms with Gasteiger partial charge in [0.25, 0.3) is 5.91 Å². The normalized spacial score (nSPS) is 33.6. The van der Waals surface area contributed by atoms with Crippen LogP contribution in [0.15, 0.2) is 43.0 Å². The number of benzene rings is 1. The van der Waals surface area contributed by atoms with Crippen LogP contribution >= 0.6 is 0 Å². The van der Waals surface area contributed by atoms with Crippen molar-refractivity contribution in [1.29, 1.82) is 0 Å². The maximum Gasteiger partial charge on any atom is 0.251 e. The van der Waals surface area contributed by atoms with Crippen LogP contribution in [0.5, 0.6) is 0 Å². The third-order valence-electron chi connectivity index (χ3n) is 6.46. The average Bonchev–Trinajstić information content (AvgIpc) is 3.12. The molecule has 4 saturated carbocycles. The number of hydrogen-bond donors (Lipinski definition) is 1. The zero-order valence-corrected chi connectivity index (χ0v) is 13.8. The summed E-state index contributed by atoms with van der Waals surface area (Å²) in [7, 11) is 0. The first-order valence-electron chi connectivity index (χ1n) is 9.15. The van der Waals surface area contributed by atoms with Crippen LogP contribution < -0.4 is 5.32 Å². The van der Waals surface area contributed by atoms with Crippen LogP contribution in [0, 0.1) is 23.7 Å². The highest BCUT2D eigenvalue weighted by Gasteiger charge is 2.48. The van der Waals surface area contributed by atoms with E-state index in [1.807, 2.05) is 35.0 Å². The fraction of sp³-hybridized carbons (Fsp3) is 0.500. The van der Waals surface area contributed by atoms with Crippen molar-refractivity contribution in [1.82, 2.24) is 14.9 Å². The Morgan fingerprint density at radius 2 is 1.67 bits per heavy atom. The van der Waals surface area contributed by atoms with Crippen LogP contribution in [0.25, 0.3) is 5.69 Å². The van der Waals surface area contributed by atoms with Gasteiger partial charge < -0.3 is 9.88 Å². The summed E-state index contributed by atoms with van der Waals surface area (Å²) in [6, 6.07) is 8.20. The number of carbonyl (C=O) groups is 1. The third-order valence-corrected chi connectivity index (χ3v) is 6.46. The van der Waals surface area contributed by atoms with Gasteiger partial charge >= 0.3 is 0 Å². The number of nitrogens with zero attached hydrogens (tertiary/aromatic N) is 2. The number of carbonyl (C=O) groups excluding carboxylic acids is 1. The molecule has 1 amide bonds. The summed E-state index contributed by atoms with van der Waals surface area (Å²) >= 11 is 0.